The number of Topliss-reactive ketones (excluding diaryl/α,β-unsaturated/α-hetero) is 1. The first-order valence-corrected chi connectivity index (χ1v) is 5.44. The van der Waals surface area contributed by atoms with E-state index in [1.54, 1.807) is 24.5 Å². The van der Waals surface area contributed by atoms with E-state index in [1.807, 2.05) is 0 Å². The van der Waals surface area contributed by atoms with Crippen molar-refractivity contribution in [1.29, 1.82) is 0 Å². The largest absolute Gasteiger partial charge is 0.479 e. The summed E-state index contributed by atoms with van der Waals surface area (Å²) >= 11 is 0. The van der Waals surface area contributed by atoms with Crippen LogP contribution in [-0.2, 0) is 4.79 Å². The molecule has 1 N–H and O–H groups in total. The minimum Gasteiger partial charge on any atom is -0.479 e. The van der Waals surface area contributed by atoms with Crippen LogP contribution < -0.4 is 4.74 Å². The number of pyridine rings is 1. The van der Waals surface area contributed by atoms with Crippen LogP contribution in [0, 0.1) is 0 Å². The molecule has 0 radical (unpaired) electrons. The van der Waals surface area contributed by atoms with Crippen molar-refractivity contribution in [2.75, 3.05) is 6.61 Å². The van der Waals surface area contributed by atoms with Gasteiger partial charge < -0.3 is 9.84 Å². The Kier molecular flexibility index (Phi) is 3.56. The summed E-state index contributed by atoms with van der Waals surface area (Å²) in [6.07, 6.45) is 3.26. The molecule has 2 aromatic rings. The SMILES string of the molecule is CC(=O)c1nc(OCC(=O)O)ccc1-n1cccn1. The third-order valence-electron chi connectivity index (χ3n) is 2.28. The second-order valence-electron chi connectivity index (χ2n) is 3.71. The van der Waals surface area contributed by atoms with Crippen LogP contribution in [0.25, 0.3) is 5.69 Å². The number of aliphatic carboxylic acids is 1. The van der Waals surface area contributed by atoms with Crippen molar-refractivity contribution in [3.05, 3.63) is 36.3 Å². The maximum Gasteiger partial charge on any atom is 0.341 e. The number of carbonyl (C=O) groups excluding carboxylic acids is 1. The van der Waals surface area contributed by atoms with E-state index in [2.05, 4.69) is 10.1 Å². The Morgan fingerprint density at radius 3 is 2.79 bits per heavy atom. The van der Waals surface area contributed by atoms with Crippen molar-refractivity contribution in [1.82, 2.24) is 14.8 Å². The number of ketones is 1. The molecular weight excluding hydrogens is 250 g/mol. The quantitative estimate of drug-likeness (QED) is 0.805. The number of carboxylic acid groups (broad SMARTS) is 1. The van der Waals surface area contributed by atoms with Gasteiger partial charge in [0.25, 0.3) is 0 Å². The Morgan fingerprint density at radius 2 is 2.21 bits per heavy atom. The molecule has 0 saturated carbocycles. The number of carboxylic acids is 1. The van der Waals surface area contributed by atoms with Crippen molar-refractivity contribution < 1.29 is 19.4 Å². The summed E-state index contributed by atoms with van der Waals surface area (Å²) in [4.78, 5) is 26.0. The summed E-state index contributed by atoms with van der Waals surface area (Å²) in [5, 5.41) is 12.5. The molecule has 2 rings (SSSR count). The highest BCUT2D eigenvalue weighted by Crippen LogP contribution is 2.17. The minimum absolute atomic E-state index is 0.0866. The molecular formula is C12H11N3O4. The molecule has 0 fully saturated rings. The lowest BCUT2D eigenvalue weighted by molar-refractivity contribution is -0.139. The Hall–Kier alpha value is -2.70. The van der Waals surface area contributed by atoms with Crippen molar-refractivity contribution in [2.45, 2.75) is 6.92 Å². The molecule has 2 heterocycles. The number of hydrogen-bond donors (Lipinski definition) is 1. The zero-order chi connectivity index (χ0) is 13.8. The first-order valence-electron chi connectivity index (χ1n) is 5.44. The third kappa shape index (κ3) is 2.95. The van der Waals surface area contributed by atoms with Crippen LogP contribution in [-0.4, -0.2) is 38.2 Å². The fraction of sp³-hybridized carbons (Fsp3) is 0.167. The van der Waals surface area contributed by atoms with Gasteiger partial charge in [0.1, 0.15) is 5.69 Å². The van der Waals surface area contributed by atoms with Gasteiger partial charge in [0.2, 0.25) is 5.88 Å². The highest BCUT2D eigenvalue weighted by atomic mass is 16.5. The first-order chi connectivity index (χ1) is 9.08. The van der Waals surface area contributed by atoms with Gasteiger partial charge in [0.15, 0.2) is 12.4 Å². The summed E-state index contributed by atoms with van der Waals surface area (Å²) in [6, 6.07) is 4.82. The van der Waals surface area contributed by atoms with Crippen LogP contribution in [0.15, 0.2) is 30.6 Å². The first kappa shape index (κ1) is 12.7. The molecule has 0 aliphatic heterocycles. The van der Waals surface area contributed by atoms with Crippen LogP contribution >= 0.6 is 0 Å². The Balaban J connectivity index is 2.36. The van der Waals surface area contributed by atoms with Crippen LogP contribution in [0.3, 0.4) is 0 Å². The average Bonchev–Trinajstić information content (AvgIpc) is 2.89. The van der Waals surface area contributed by atoms with Gasteiger partial charge in [-0.05, 0) is 12.1 Å². The van der Waals surface area contributed by atoms with Gasteiger partial charge in [-0.2, -0.15) is 5.10 Å². The summed E-state index contributed by atoms with van der Waals surface area (Å²) in [5.74, 6) is -1.28. The predicted molar refractivity (Wildman–Crippen MR) is 64.5 cm³/mol. The van der Waals surface area contributed by atoms with Crippen molar-refractivity contribution in [3.8, 4) is 11.6 Å². The van der Waals surface area contributed by atoms with Crippen LogP contribution in [0.2, 0.25) is 0 Å². The number of carbonyl (C=O) groups is 2. The van der Waals surface area contributed by atoms with Crippen molar-refractivity contribution >= 4 is 11.8 Å². The molecule has 0 amide bonds. The summed E-state index contributed by atoms with van der Waals surface area (Å²) in [5.41, 5.74) is 0.687. The molecule has 2 aromatic heterocycles. The van der Waals surface area contributed by atoms with Crippen molar-refractivity contribution in [2.24, 2.45) is 0 Å². The van der Waals surface area contributed by atoms with E-state index < -0.39 is 12.6 Å². The number of ether oxygens (including phenoxy) is 1. The standard InChI is InChI=1S/C12H11N3O4/c1-8(16)12-9(15-6-2-5-13-15)3-4-10(14-12)19-7-11(17)18/h2-6H,7H2,1H3,(H,17,18). The van der Waals surface area contributed by atoms with E-state index in [0.29, 0.717) is 5.69 Å². The van der Waals surface area contributed by atoms with Gasteiger partial charge in [0, 0.05) is 25.4 Å². The van der Waals surface area contributed by atoms with E-state index in [1.165, 1.54) is 17.7 Å². The lowest BCUT2D eigenvalue weighted by Crippen LogP contribution is -2.12. The number of hydrogen-bond acceptors (Lipinski definition) is 5. The van der Waals surface area contributed by atoms with E-state index in [9.17, 15) is 9.59 Å². The molecule has 0 unspecified atom stereocenters. The molecule has 0 aliphatic rings. The smallest absolute Gasteiger partial charge is 0.341 e. The molecule has 98 valence electrons. The number of aromatic nitrogens is 3. The topological polar surface area (TPSA) is 94.3 Å². The Labute approximate surface area is 108 Å². The molecule has 7 nitrogen and oxygen atoms in total. The highest BCUT2D eigenvalue weighted by molar-refractivity contribution is 5.95. The molecule has 0 aromatic carbocycles. The highest BCUT2D eigenvalue weighted by Gasteiger charge is 2.13. The number of nitrogens with zero attached hydrogens (tertiary/aromatic N) is 3. The maximum absolute atomic E-state index is 11.6. The van der Waals surface area contributed by atoms with Crippen LogP contribution in [0.1, 0.15) is 17.4 Å². The molecule has 0 bridgehead atoms. The number of rotatable bonds is 5. The van der Waals surface area contributed by atoms with E-state index in [4.69, 9.17) is 9.84 Å². The van der Waals surface area contributed by atoms with Gasteiger partial charge in [-0.15, -0.1) is 0 Å². The minimum atomic E-state index is -1.11. The van der Waals surface area contributed by atoms with Gasteiger partial charge in [-0.1, -0.05) is 0 Å². The van der Waals surface area contributed by atoms with Gasteiger partial charge in [-0.25, -0.2) is 14.5 Å². The monoisotopic (exact) mass is 261 g/mol. The van der Waals surface area contributed by atoms with E-state index in [0.717, 1.165) is 0 Å². The Morgan fingerprint density at radius 1 is 1.42 bits per heavy atom. The van der Waals surface area contributed by atoms with Gasteiger partial charge >= 0.3 is 5.97 Å². The fourth-order valence-electron chi connectivity index (χ4n) is 1.51. The molecule has 19 heavy (non-hydrogen) atoms. The zero-order valence-corrected chi connectivity index (χ0v) is 10.1. The molecule has 0 aliphatic carbocycles. The maximum atomic E-state index is 11.6. The van der Waals surface area contributed by atoms with E-state index in [-0.39, 0.29) is 17.4 Å². The van der Waals surface area contributed by atoms with Gasteiger partial charge in [-0.3, -0.25) is 4.79 Å². The van der Waals surface area contributed by atoms with E-state index >= 15 is 0 Å². The fourth-order valence-corrected chi connectivity index (χ4v) is 1.51. The summed E-state index contributed by atoms with van der Waals surface area (Å²) in [6.45, 7) is 0.863. The molecule has 7 heteroatoms. The summed E-state index contributed by atoms with van der Waals surface area (Å²) < 4.78 is 6.44. The second kappa shape index (κ2) is 5.30. The molecule has 0 spiro atoms. The normalized spacial score (nSPS) is 10.2. The second-order valence-corrected chi connectivity index (χ2v) is 3.71. The lowest BCUT2D eigenvalue weighted by Gasteiger charge is -2.08. The third-order valence-corrected chi connectivity index (χ3v) is 2.28. The Bertz CT molecular complexity index is 607. The van der Waals surface area contributed by atoms with Crippen molar-refractivity contribution in [3.63, 3.8) is 0 Å². The lowest BCUT2D eigenvalue weighted by atomic mass is 10.2. The summed E-state index contributed by atoms with van der Waals surface area (Å²) in [7, 11) is 0. The van der Waals surface area contributed by atoms with Gasteiger partial charge in [0.05, 0.1) is 5.69 Å². The van der Waals surface area contributed by atoms with Crippen LogP contribution in [0.5, 0.6) is 5.88 Å². The van der Waals surface area contributed by atoms with Crippen LogP contribution in [0.4, 0.5) is 0 Å². The average molecular weight is 261 g/mol. The zero-order valence-electron chi connectivity index (χ0n) is 10.1. The molecule has 0 atom stereocenters. The predicted octanol–water partition coefficient (Wildman–Crippen LogP) is 0.933. The molecule has 0 saturated heterocycles.